The number of piperidine rings is 1. The molecule has 2 heterocycles. The lowest BCUT2D eigenvalue weighted by Crippen LogP contribution is -2.53. The number of amides is 4. The number of likely N-dealkylation sites (tertiary alicyclic amines) is 1. The first-order valence-electron chi connectivity index (χ1n) is 12.4. The molecule has 0 aromatic rings. The van der Waals surface area contributed by atoms with Gasteiger partial charge in [0.1, 0.15) is 0 Å². The zero-order chi connectivity index (χ0) is 22.1. The summed E-state index contributed by atoms with van der Waals surface area (Å²) in [6.45, 7) is 6.87. The molecule has 0 bridgehead atoms. The zero-order valence-electron chi connectivity index (χ0n) is 19.2. The van der Waals surface area contributed by atoms with Crippen molar-refractivity contribution in [2.45, 2.75) is 83.2 Å². The first-order chi connectivity index (χ1) is 15.0. The topological polar surface area (TPSA) is 85.0 Å². The Morgan fingerprint density at radius 1 is 0.839 bits per heavy atom. The van der Waals surface area contributed by atoms with Crippen LogP contribution in [0.3, 0.4) is 0 Å². The van der Waals surface area contributed by atoms with E-state index in [4.69, 9.17) is 0 Å². The second-order valence-corrected chi connectivity index (χ2v) is 9.43. The Labute approximate surface area is 187 Å². The molecule has 31 heavy (non-hydrogen) atoms. The van der Waals surface area contributed by atoms with Crippen molar-refractivity contribution in [3.05, 3.63) is 0 Å². The van der Waals surface area contributed by atoms with Crippen molar-refractivity contribution in [2.24, 2.45) is 0 Å². The van der Waals surface area contributed by atoms with Crippen LogP contribution in [0.5, 0.6) is 0 Å². The number of nitrogens with zero attached hydrogens (tertiary/aromatic N) is 3. The summed E-state index contributed by atoms with van der Waals surface area (Å²) in [5.41, 5.74) is 0. The number of carbonyl (C=O) groups is 3. The summed E-state index contributed by atoms with van der Waals surface area (Å²) in [4.78, 5) is 43.1. The third-order valence-electron chi connectivity index (χ3n) is 7.00. The number of carbonyl (C=O) groups excluding carboxylic acids is 3. The minimum absolute atomic E-state index is 0.111. The molecule has 2 saturated heterocycles. The Balaban J connectivity index is 1.26. The molecule has 4 amide bonds. The van der Waals surface area contributed by atoms with Crippen LogP contribution in [0.25, 0.3) is 0 Å². The summed E-state index contributed by atoms with van der Waals surface area (Å²) in [6.07, 6.45) is 10.3. The van der Waals surface area contributed by atoms with Crippen molar-refractivity contribution < 1.29 is 14.4 Å². The SMILES string of the molecule is CC1CCCCN1C(=O)CN1CCN(C(=O)CCCNC(=O)NC2CCCCC2)CC1. The van der Waals surface area contributed by atoms with Crippen LogP contribution < -0.4 is 10.6 Å². The molecule has 8 nitrogen and oxygen atoms in total. The Kier molecular flexibility index (Phi) is 9.43. The maximum absolute atomic E-state index is 12.6. The number of hydrogen-bond donors (Lipinski definition) is 2. The molecule has 1 atom stereocenters. The van der Waals surface area contributed by atoms with Crippen LogP contribution in [0, 0.1) is 0 Å². The van der Waals surface area contributed by atoms with E-state index in [1.165, 1.54) is 25.7 Å². The number of piperazine rings is 1. The fraction of sp³-hybridized carbons (Fsp3) is 0.870. The van der Waals surface area contributed by atoms with Gasteiger partial charge in [-0.2, -0.15) is 0 Å². The highest BCUT2D eigenvalue weighted by atomic mass is 16.2. The molecular weight excluding hydrogens is 394 g/mol. The highest BCUT2D eigenvalue weighted by molar-refractivity contribution is 5.79. The average molecular weight is 436 g/mol. The van der Waals surface area contributed by atoms with E-state index in [2.05, 4.69) is 22.5 Å². The number of nitrogens with one attached hydrogen (secondary N) is 2. The molecular formula is C23H41N5O3. The average Bonchev–Trinajstić information content (AvgIpc) is 2.78. The maximum Gasteiger partial charge on any atom is 0.315 e. The second kappa shape index (κ2) is 12.3. The van der Waals surface area contributed by atoms with Crippen molar-refractivity contribution in [2.75, 3.05) is 45.8 Å². The number of rotatable bonds is 7. The van der Waals surface area contributed by atoms with Crippen molar-refractivity contribution in [3.63, 3.8) is 0 Å². The minimum atomic E-state index is -0.111. The van der Waals surface area contributed by atoms with Crippen molar-refractivity contribution in [3.8, 4) is 0 Å². The first kappa shape index (κ1) is 23.8. The van der Waals surface area contributed by atoms with E-state index >= 15 is 0 Å². The highest BCUT2D eigenvalue weighted by Gasteiger charge is 2.27. The van der Waals surface area contributed by atoms with Crippen LogP contribution in [0.4, 0.5) is 4.79 Å². The van der Waals surface area contributed by atoms with E-state index in [0.29, 0.717) is 51.1 Å². The van der Waals surface area contributed by atoms with Gasteiger partial charge in [0.05, 0.1) is 6.54 Å². The molecule has 1 aliphatic carbocycles. The molecule has 2 N–H and O–H groups in total. The van der Waals surface area contributed by atoms with Crippen LogP contribution >= 0.6 is 0 Å². The van der Waals surface area contributed by atoms with E-state index in [9.17, 15) is 14.4 Å². The molecule has 1 unspecified atom stereocenters. The van der Waals surface area contributed by atoms with Crippen LogP contribution in [0.2, 0.25) is 0 Å². The fourth-order valence-corrected chi connectivity index (χ4v) is 4.99. The fourth-order valence-electron chi connectivity index (χ4n) is 4.99. The van der Waals surface area contributed by atoms with E-state index in [1.807, 2.05) is 9.80 Å². The van der Waals surface area contributed by atoms with E-state index < -0.39 is 0 Å². The molecule has 8 heteroatoms. The van der Waals surface area contributed by atoms with Gasteiger partial charge in [-0.15, -0.1) is 0 Å². The van der Waals surface area contributed by atoms with Gasteiger partial charge in [-0.05, 0) is 45.4 Å². The molecule has 3 rings (SSSR count). The van der Waals surface area contributed by atoms with Gasteiger partial charge in [-0.25, -0.2) is 4.79 Å². The highest BCUT2D eigenvalue weighted by Crippen LogP contribution is 2.18. The van der Waals surface area contributed by atoms with Crippen molar-refractivity contribution >= 4 is 17.8 Å². The molecule has 0 aromatic heterocycles. The van der Waals surface area contributed by atoms with Gasteiger partial charge in [-0.1, -0.05) is 19.3 Å². The summed E-state index contributed by atoms with van der Waals surface area (Å²) in [6, 6.07) is 0.541. The molecule has 0 radical (unpaired) electrons. The van der Waals surface area contributed by atoms with Crippen molar-refractivity contribution in [1.82, 2.24) is 25.3 Å². The largest absolute Gasteiger partial charge is 0.340 e. The lowest BCUT2D eigenvalue weighted by atomic mass is 9.96. The lowest BCUT2D eigenvalue weighted by Gasteiger charge is -2.38. The zero-order valence-corrected chi connectivity index (χ0v) is 19.2. The maximum atomic E-state index is 12.6. The monoisotopic (exact) mass is 435 g/mol. The first-order valence-corrected chi connectivity index (χ1v) is 12.4. The Morgan fingerprint density at radius 3 is 2.26 bits per heavy atom. The third kappa shape index (κ3) is 7.66. The summed E-state index contributed by atoms with van der Waals surface area (Å²) in [5, 5.41) is 5.92. The van der Waals surface area contributed by atoms with Gasteiger partial charge in [0.25, 0.3) is 0 Å². The summed E-state index contributed by atoms with van der Waals surface area (Å²) in [7, 11) is 0. The predicted octanol–water partition coefficient (Wildman–Crippen LogP) is 1.94. The van der Waals surface area contributed by atoms with Gasteiger partial charge in [0.2, 0.25) is 11.8 Å². The summed E-state index contributed by atoms with van der Waals surface area (Å²) in [5.74, 6) is 0.370. The van der Waals surface area contributed by atoms with Gasteiger partial charge in [-0.3, -0.25) is 14.5 Å². The van der Waals surface area contributed by atoms with E-state index in [0.717, 1.165) is 45.3 Å². The standard InChI is InChI=1S/C23H41N5O3/c1-19-8-5-6-13-28(19)22(30)18-26-14-16-27(17-15-26)21(29)11-7-12-24-23(31)25-20-9-3-2-4-10-20/h19-20H,2-18H2,1H3,(H2,24,25,31). The smallest absolute Gasteiger partial charge is 0.315 e. The van der Waals surface area contributed by atoms with E-state index in [1.54, 1.807) is 0 Å². The summed E-state index contributed by atoms with van der Waals surface area (Å²) >= 11 is 0. The number of hydrogen-bond acceptors (Lipinski definition) is 4. The molecule has 3 fully saturated rings. The molecule has 0 spiro atoms. The molecule has 176 valence electrons. The second-order valence-electron chi connectivity index (χ2n) is 9.43. The molecule has 2 aliphatic heterocycles. The van der Waals surface area contributed by atoms with Crippen LogP contribution in [-0.2, 0) is 9.59 Å². The number of urea groups is 1. The third-order valence-corrected chi connectivity index (χ3v) is 7.00. The predicted molar refractivity (Wildman–Crippen MR) is 121 cm³/mol. The Morgan fingerprint density at radius 2 is 1.55 bits per heavy atom. The molecule has 1 saturated carbocycles. The summed E-state index contributed by atoms with van der Waals surface area (Å²) < 4.78 is 0. The quantitative estimate of drug-likeness (QED) is 0.599. The normalized spacial score (nSPS) is 23.5. The lowest BCUT2D eigenvalue weighted by molar-refractivity contribution is -0.137. The molecule has 0 aromatic carbocycles. The molecule has 3 aliphatic rings. The van der Waals surface area contributed by atoms with Crippen molar-refractivity contribution in [1.29, 1.82) is 0 Å². The van der Waals surface area contributed by atoms with Crippen LogP contribution in [-0.4, -0.2) is 90.4 Å². The van der Waals surface area contributed by atoms with Gasteiger partial charge in [0, 0.05) is 57.8 Å². The minimum Gasteiger partial charge on any atom is -0.340 e. The Hall–Kier alpha value is -1.83. The van der Waals surface area contributed by atoms with Gasteiger partial charge in [0.15, 0.2) is 0 Å². The van der Waals surface area contributed by atoms with Gasteiger partial charge >= 0.3 is 6.03 Å². The van der Waals surface area contributed by atoms with Crippen LogP contribution in [0.15, 0.2) is 0 Å². The van der Waals surface area contributed by atoms with Crippen LogP contribution in [0.1, 0.15) is 71.1 Å². The Bertz CT molecular complexity index is 600. The van der Waals surface area contributed by atoms with Gasteiger partial charge < -0.3 is 20.4 Å². The van der Waals surface area contributed by atoms with E-state index in [-0.39, 0.29) is 17.8 Å².